The van der Waals surface area contributed by atoms with Gasteiger partial charge in [-0.1, -0.05) is 30.2 Å². The van der Waals surface area contributed by atoms with Crippen LogP contribution < -0.4 is 16.2 Å². The van der Waals surface area contributed by atoms with Crippen molar-refractivity contribution < 1.29 is 65.3 Å². The lowest BCUT2D eigenvalue weighted by Gasteiger charge is -2.33. The number of nitrogens with zero attached hydrogens (tertiary/aromatic N) is 4. The van der Waals surface area contributed by atoms with Gasteiger partial charge in [0.2, 0.25) is 6.41 Å². The first-order valence-corrected chi connectivity index (χ1v) is 23.5. The molecule has 2 aromatic carbocycles. The van der Waals surface area contributed by atoms with E-state index >= 15 is 0 Å². The van der Waals surface area contributed by atoms with Crippen molar-refractivity contribution in [3.05, 3.63) is 88.9 Å². The molecule has 1 saturated heterocycles. The maximum Gasteiger partial charge on any atom is 0.416 e. The summed E-state index contributed by atoms with van der Waals surface area (Å²) in [6.07, 6.45) is -0.694. The average Bonchev–Trinajstić information content (AvgIpc) is 3.76. The van der Waals surface area contributed by atoms with Gasteiger partial charge in [0.15, 0.2) is 0 Å². The molecule has 0 radical (unpaired) electrons. The topological polar surface area (TPSA) is 185 Å². The Labute approximate surface area is 409 Å². The van der Waals surface area contributed by atoms with Crippen LogP contribution in [0.1, 0.15) is 27.9 Å². The van der Waals surface area contributed by atoms with Gasteiger partial charge < -0.3 is 63.7 Å². The Kier molecular flexibility index (Phi) is 28.6. The Morgan fingerprint density at radius 3 is 1.61 bits per heavy atom. The second-order valence-electron chi connectivity index (χ2n) is 15.7. The lowest BCUT2D eigenvalue weighted by molar-refractivity contribution is -0.138. The quantitative estimate of drug-likeness (QED) is 0.0396. The van der Waals surface area contributed by atoms with Crippen LogP contribution in [-0.4, -0.2) is 191 Å². The number of ether oxygens (including phenoxy) is 10. The highest BCUT2D eigenvalue weighted by Gasteiger charge is 2.34. The number of carbonyl (C=O) groups is 1. The van der Waals surface area contributed by atoms with Crippen molar-refractivity contribution in [2.24, 2.45) is 11.5 Å². The fourth-order valence-electron chi connectivity index (χ4n) is 6.78. The van der Waals surface area contributed by atoms with Gasteiger partial charge in [0.05, 0.1) is 131 Å². The number of piperazine rings is 1. The minimum absolute atomic E-state index is 0.250. The molecule has 1 fully saturated rings. The highest BCUT2D eigenvalue weighted by atomic mass is 19.4. The number of primary amides is 1. The number of benzene rings is 2. The Morgan fingerprint density at radius 1 is 0.643 bits per heavy atom. The number of halogens is 3. The van der Waals surface area contributed by atoms with Crippen LogP contribution in [0.25, 0.3) is 16.8 Å². The molecule has 1 amide bonds. The van der Waals surface area contributed by atoms with Gasteiger partial charge in [-0.2, -0.15) is 13.2 Å². The van der Waals surface area contributed by atoms with E-state index in [-0.39, 0.29) is 18.5 Å². The standard InChI is InChI=1S/C49H68F3N5O10.CH3NO/c1-40-3-4-42(43-5-6-44(47(36-43)49(50,51)52)39-56-14-12-55(2)13-15-56)35-41(40)7-8-45-38-54-48-37-46(9-11-57(45)48)67-34-33-66-32-31-65-30-29-64-28-27-63-26-25-62-24-23-61-22-21-60-20-19-59-18-17-58-16-10-53;2-1-3/h3-6,9,11,35-38H,10,12-34,39,53H2,1-2H3;1H,(H2,2,3). The van der Waals surface area contributed by atoms with E-state index in [2.05, 4.69) is 32.4 Å². The predicted octanol–water partition coefficient (Wildman–Crippen LogP) is 4.06. The number of amides is 1. The predicted molar refractivity (Wildman–Crippen MR) is 258 cm³/mol. The average molecular weight is 989 g/mol. The molecule has 3 heterocycles. The third-order valence-electron chi connectivity index (χ3n) is 10.5. The van der Waals surface area contributed by atoms with Gasteiger partial charge in [0.25, 0.3) is 0 Å². The van der Waals surface area contributed by atoms with E-state index in [4.69, 9.17) is 57.9 Å². The van der Waals surface area contributed by atoms with Crippen molar-refractivity contribution >= 4 is 12.1 Å². The van der Waals surface area contributed by atoms with E-state index in [0.717, 1.165) is 37.3 Å². The number of carbonyl (C=O) groups excluding carboxylic acids is 1. The number of imidazole rings is 1. The molecule has 2 aromatic heterocycles. The summed E-state index contributed by atoms with van der Waals surface area (Å²) in [5.74, 6) is 7.05. The molecule has 4 N–H and O–H groups in total. The Morgan fingerprint density at radius 2 is 1.11 bits per heavy atom. The minimum Gasteiger partial charge on any atom is -0.491 e. The van der Waals surface area contributed by atoms with Gasteiger partial charge in [0.1, 0.15) is 23.7 Å². The molecule has 20 heteroatoms. The molecule has 70 heavy (non-hydrogen) atoms. The second kappa shape index (κ2) is 34.6. The molecule has 0 bridgehead atoms. The van der Waals surface area contributed by atoms with Crippen molar-refractivity contribution in [3.8, 4) is 28.7 Å². The van der Waals surface area contributed by atoms with E-state index in [1.54, 1.807) is 18.3 Å². The fraction of sp³-hybridized carbons (Fsp3) is 0.560. The molecular formula is C50H71F3N6O11. The minimum atomic E-state index is -4.47. The maximum atomic E-state index is 14.3. The van der Waals surface area contributed by atoms with Crippen LogP contribution >= 0.6 is 0 Å². The van der Waals surface area contributed by atoms with Crippen LogP contribution in [-0.2, 0) is 60.1 Å². The van der Waals surface area contributed by atoms with Gasteiger partial charge in [-0.25, -0.2) is 4.98 Å². The molecule has 1 aliphatic rings. The summed E-state index contributed by atoms with van der Waals surface area (Å²) in [5.41, 5.74) is 13.3. The summed E-state index contributed by atoms with van der Waals surface area (Å²) in [6, 6.07) is 13.9. The highest BCUT2D eigenvalue weighted by molar-refractivity contribution is 5.68. The molecule has 1 aliphatic heterocycles. The summed E-state index contributed by atoms with van der Waals surface area (Å²) in [5, 5.41) is 0. The number of aromatic nitrogens is 2. The monoisotopic (exact) mass is 989 g/mol. The highest BCUT2D eigenvalue weighted by Crippen LogP contribution is 2.36. The van der Waals surface area contributed by atoms with Crippen molar-refractivity contribution in [3.63, 3.8) is 0 Å². The first kappa shape index (κ1) is 57.8. The molecule has 0 aliphatic carbocycles. The van der Waals surface area contributed by atoms with Crippen LogP contribution in [0.5, 0.6) is 5.75 Å². The molecule has 4 aromatic rings. The van der Waals surface area contributed by atoms with Gasteiger partial charge in [-0.3, -0.25) is 14.1 Å². The normalized spacial score (nSPS) is 13.2. The number of fused-ring (bicyclic) bond motifs is 1. The molecule has 0 atom stereocenters. The van der Waals surface area contributed by atoms with Crippen molar-refractivity contribution in [1.82, 2.24) is 19.2 Å². The number of rotatable bonds is 33. The fourth-order valence-corrected chi connectivity index (χ4v) is 6.78. The summed E-state index contributed by atoms with van der Waals surface area (Å²) in [7, 11) is 2.03. The SMILES string of the molecule is Cc1ccc(-c2ccc(CN3CCN(C)CC3)c(C(F)(F)F)c2)cc1C#Cc1cnc2cc(OCCOCCOCCOCCOCCOCCOCCOCCOCCOCCN)ccn12.NC=O. The van der Waals surface area contributed by atoms with E-state index < -0.39 is 11.7 Å². The van der Waals surface area contributed by atoms with E-state index in [1.807, 2.05) is 54.9 Å². The number of hydrogen-bond donors (Lipinski definition) is 2. The van der Waals surface area contributed by atoms with Crippen molar-refractivity contribution in [1.29, 1.82) is 0 Å². The van der Waals surface area contributed by atoms with Crippen LogP contribution in [0, 0.1) is 18.8 Å². The molecule has 388 valence electrons. The summed E-state index contributed by atoms with van der Waals surface area (Å²) in [4.78, 5) is 17.3. The van der Waals surface area contributed by atoms with Crippen LogP contribution in [0.3, 0.4) is 0 Å². The summed E-state index contributed by atoms with van der Waals surface area (Å²) < 4.78 is 99.9. The van der Waals surface area contributed by atoms with Gasteiger partial charge >= 0.3 is 6.18 Å². The van der Waals surface area contributed by atoms with Crippen LogP contribution in [0.2, 0.25) is 0 Å². The van der Waals surface area contributed by atoms with E-state index in [9.17, 15) is 13.2 Å². The van der Waals surface area contributed by atoms with E-state index in [0.29, 0.717) is 160 Å². The lowest BCUT2D eigenvalue weighted by Crippen LogP contribution is -2.44. The third kappa shape index (κ3) is 23.0. The molecule has 0 unspecified atom stereocenters. The Bertz CT molecular complexity index is 2110. The number of alkyl halides is 3. The Hall–Kier alpha value is -4.73. The zero-order valence-corrected chi connectivity index (χ0v) is 40.6. The smallest absolute Gasteiger partial charge is 0.416 e. The van der Waals surface area contributed by atoms with Gasteiger partial charge in [-0.15, -0.1) is 0 Å². The third-order valence-corrected chi connectivity index (χ3v) is 10.5. The largest absolute Gasteiger partial charge is 0.491 e. The number of nitrogens with two attached hydrogens (primary N) is 2. The van der Waals surface area contributed by atoms with Crippen LogP contribution in [0.4, 0.5) is 13.2 Å². The molecule has 5 rings (SSSR count). The zero-order chi connectivity index (χ0) is 50.1. The Balaban J connectivity index is 0.00000346. The number of likely N-dealkylation sites (N-methyl/N-ethyl adjacent to an activating group) is 1. The summed E-state index contributed by atoms with van der Waals surface area (Å²) >= 11 is 0. The number of aryl methyl sites for hydroxylation is 1. The lowest BCUT2D eigenvalue weighted by atomic mass is 9.95. The first-order valence-electron chi connectivity index (χ1n) is 23.5. The molecule has 0 saturated carbocycles. The van der Waals surface area contributed by atoms with Crippen LogP contribution in [0.15, 0.2) is 60.9 Å². The first-order chi connectivity index (χ1) is 34.1. The molecular weight excluding hydrogens is 918 g/mol. The van der Waals surface area contributed by atoms with Gasteiger partial charge in [-0.05, 0) is 60.3 Å². The number of hydrogen-bond acceptors (Lipinski definition) is 15. The number of pyridine rings is 1. The molecule has 0 spiro atoms. The second-order valence-corrected chi connectivity index (χ2v) is 15.7. The van der Waals surface area contributed by atoms with Crippen molar-refractivity contribution in [2.45, 2.75) is 19.6 Å². The summed E-state index contributed by atoms with van der Waals surface area (Å²) in [6.45, 7) is 14.9. The zero-order valence-electron chi connectivity index (χ0n) is 40.6. The van der Waals surface area contributed by atoms with Gasteiger partial charge in [0, 0.05) is 57.1 Å². The molecule has 17 nitrogen and oxygen atoms in total. The maximum absolute atomic E-state index is 14.3. The van der Waals surface area contributed by atoms with Crippen molar-refractivity contribution in [2.75, 3.05) is 165 Å². The van der Waals surface area contributed by atoms with E-state index in [1.165, 1.54) is 6.07 Å².